The van der Waals surface area contributed by atoms with Crippen LogP contribution in [0.1, 0.15) is 19.4 Å². The van der Waals surface area contributed by atoms with E-state index in [4.69, 9.17) is 4.43 Å². The van der Waals surface area contributed by atoms with E-state index in [1.54, 1.807) is 0 Å². The molecule has 2 aromatic carbocycles. The molecule has 0 amide bonds. The third-order valence-electron chi connectivity index (χ3n) is 3.33. The largest absolute Gasteiger partial charge is 0.423 e. The fourth-order valence-electron chi connectivity index (χ4n) is 2.10. The summed E-state index contributed by atoms with van der Waals surface area (Å²) in [7, 11) is 0.701. The molecule has 0 aliphatic carbocycles. The van der Waals surface area contributed by atoms with Gasteiger partial charge in [-0.1, -0.05) is 24.3 Å². The van der Waals surface area contributed by atoms with E-state index in [0.29, 0.717) is 16.0 Å². The molecule has 0 aliphatic heterocycles. The third-order valence-corrected chi connectivity index (χ3v) is 4.44. The highest BCUT2D eigenvalue weighted by Crippen LogP contribution is 2.23. The van der Waals surface area contributed by atoms with Gasteiger partial charge in [0.25, 0.3) is 0 Å². The van der Waals surface area contributed by atoms with E-state index in [1.807, 2.05) is 24.3 Å². The molecule has 0 heterocycles. The van der Waals surface area contributed by atoms with Gasteiger partial charge in [0.1, 0.15) is 22.1 Å². The maximum atomic E-state index is 13.2. The summed E-state index contributed by atoms with van der Waals surface area (Å²) < 4.78 is 31.9. The maximum absolute atomic E-state index is 13.2. The number of halogens is 2. The topological polar surface area (TPSA) is 9.23 Å². The van der Waals surface area contributed by atoms with Crippen molar-refractivity contribution in [2.45, 2.75) is 25.9 Å². The van der Waals surface area contributed by atoms with Crippen LogP contribution in [0.25, 0.3) is 11.1 Å². The predicted octanol–water partition coefficient (Wildman–Crippen LogP) is 3.25. The fraction of sp³-hybridized carbons (Fsp3) is 0.250. The van der Waals surface area contributed by atoms with Crippen LogP contribution < -0.4 is 0 Å². The summed E-state index contributed by atoms with van der Waals surface area (Å²) in [5.41, 5.74) is 2.33. The quantitative estimate of drug-likeness (QED) is 0.786. The molecule has 2 aromatic rings. The lowest BCUT2D eigenvalue weighted by atomic mass is 9.96. The number of benzene rings is 2. The fourth-order valence-corrected chi connectivity index (χ4v) is 2.24. The molecule has 4 heteroatoms. The van der Waals surface area contributed by atoms with Crippen LogP contribution in [0.4, 0.5) is 8.78 Å². The molecule has 0 fully saturated rings. The zero-order chi connectivity index (χ0) is 14.8. The molecule has 106 valence electrons. The highest BCUT2D eigenvalue weighted by Gasteiger charge is 2.16. The molecule has 0 aliphatic rings. The SMILES string of the molecule is CC(C)(Cc1ccc(-c2cc(F)cc(F)c2)cc1)O[SiH3]. The van der Waals surface area contributed by atoms with Crippen molar-refractivity contribution in [2.24, 2.45) is 0 Å². The molecule has 2 rings (SSSR count). The minimum absolute atomic E-state index is 0.168. The Morgan fingerprint density at radius 1 is 0.950 bits per heavy atom. The summed E-state index contributed by atoms with van der Waals surface area (Å²) in [5, 5.41) is 0. The average molecular weight is 292 g/mol. The Balaban J connectivity index is 2.24. The molecular weight excluding hydrogens is 274 g/mol. The normalized spacial score (nSPS) is 11.8. The van der Waals surface area contributed by atoms with Gasteiger partial charge in [0.15, 0.2) is 0 Å². The van der Waals surface area contributed by atoms with E-state index in [9.17, 15) is 8.78 Å². The van der Waals surface area contributed by atoms with Crippen molar-refractivity contribution in [1.82, 2.24) is 0 Å². The molecule has 0 radical (unpaired) electrons. The van der Waals surface area contributed by atoms with Gasteiger partial charge in [-0.15, -0.1) is 0 Å². The molecule has 0 atom stereocenters. The number of hydrogen-bond acceptors (Lipinski definition) is 1. The van der Waals surface area contributed by atoms with Crippen molar-refractivity contribution in [3.8, 4) is 11.1 Å². The van der Waals surface area contributed by atoms with Crippen LogP contribution >= 0.6 is 0 Å². The summed E-state index contributed by atoms with van der Waals surface area (Å²) in [5.74, 6) is -1.12. The van der Waals surface area contributed by atoms with E-state index < -0.39 is 11.6 Å². The van der Waals surface area contributed by atoms with E-state index in [0.717, 1.165) is 23.6 Å². The van der Waals surface area contributed by atoms with Gasteiger partial charge in [-0.05, 0) is 49.1 Å². The first-order valence-electron chi connectivity index (χ1n) is 6.50. The second-order valence-electron chi connectivity index (χ2n) is 5.50. The van der Waals surface area contributed by atoms with Gasteiger partial charge in [-0.3, -0.25) is 0 Å². The first-order valence-corrected chi connectivity index (χ1v) is 7.32. The first kappa shape index (κ1) is 14.9. The van der Waals surface area contributed by atoms with Gasteiger partial charge in [0, 0.05) is 6.07 Å². The van der Waals surface area contributed by atoms with Crippen LogP contribution in [0.5, 0.6) is 0 Å². The Morgan fingerprint density at radius 3 is 2.00 bits per heavy atom. The molecule has 0 saturated heterocycles. The van der Waals surface area contributed by atoms with Gasteiger partial charge in [0.05, 0.1) is 5.60 Å². The standard InChI is InChI=1S/C16H18F2OSi/c1-16(2,19-20)10-11-3-5-12(6-4-11)13-7-14(17)9-15(18)8-13/h3-9H,10H2,1-2,20H3. The van der Waals surface area contributed by atoms with E-state index in [2.05, 4.69) is 13.8 Å². The molecule has 0 N–H and O–H groups in total. The van der Waals surface area contributed by atoms with Crippen molar-refractivity contribution in [3.63, 3.8) is 0 Å². The van der Waals surface area contributed by atoms with Crippen molar-refractivity contribution in [1.29, 1.82) is 0 Å². The second kappa shape index (κ2) is 5.85. The minimum Gasteiger partial charge on any atom is -0.423 e. The van der Waals surface area contributed by atoms with Gasteiger partial charge in [0.2, 0.25) is 0 Å². The summed E-state index contributed by atoms with van der Waals surface area (Å²) in [4.78, 5) is 0. The predicted molar refractivity (Wildman–Crippen MR) is 80.6 cm³/mol. The minimum atomic E-state index is -0.561. The summed E-state index contributed by atoms with van der Waals surface area (Å²) >= 11 is 0. The van der Waals surface area contributed by atoms with Gasteiger partial charge < -0.3 is 4.43 Å². The van der Waals surface area contributed by atoms with Crippen LogP contribution in [-0.4, -0.2) is 16.1 Å². The lowest BCUT2D eigenvalue weighted by molar-refractivity contribution is 0.124. The lowest BCUT2D eigenvalue weighted by Gasteiger charge is -2.23. The number of rotatable bonds is 4. The molecule has 0 spiro atoms. The Bertz CT molecular complexity index is 574. The zero-order valence-corrected chi connectivity index (χ0v) is 13.9. The highest BCUT2D eigenvalue weighted by atomic mass is 28.2. The van der Waals surface area contributed by atoms with E-state index in [1.165, 1.54) is 12.1 Å². The smallest absolute Gasteiger partial charge is 0.146 e. The maximum Gasteiger partial charge on any atom is 0.146 e. The molecule has 1 nitrogen and oxygen atoms in total. The van der Waals surface area contributed by atoms with E-state index >= 15 is 0 Å². The van der Waals surface area contributed by atoms with Crippen LogP contribution in [0.15, 0.2) is 42.5 Å². The van der Waals surface area contributed by atoms with Crippen molar-refractivity contribution < 1.29 is 13.2 Å². The lowest BCUT2D eigenvalue weighted by Crippen LogP contribution is -2.26. The molecular formula is C16H18F2OSi. The molecule has 0 bridgehead atoms. The van der Waals surface area contributed by atoms with Crippen molar-refractivity contribution in [2.75, 3.05) is 0 Å². The molecule has 0 saturated carbocycles. The molecule has 20 heavy (non-hydrogen) atoms. The second-order valence-corrected chi connectivity index (χ2v) is 5.90. The van der Waals surface area contributed by atoms with E-state index in [-0.39, 0.29) is 5.60 Å². The zero-order valence-electron chi connectivity index (χ0n) is 11.9. The summed E-state index contributed by atoms with van der Waals surface area (Å²) in [6.07, 6.45) is 0.814. The van der Waals surface area contributed by atoms with Crippen LogP contribution in [-0.2, 0) is 10.8 Å². The van der Waals surface area contributed by atoms with Gasteiger partial charge in [-0.2, -0.15) is 0 Å². The highest BCUT2D eigenvalue weighted by molar-refractivity contribution is 5.98. The monoisotopic (exact) mass is 292 g/mol. The summed E-state index contributed by atoms with van der Waals surface area (Å²) in [6, 6.07) is 11.3. The average Bonchev–Trinajstić information content (AvgIpc) is 2.38. The van der Waals surface area contributed by atoms with Gasteiger partial charge >= 0.3 is 0 Å². The summed E-state index contributed by atoms with van der Waals surface area (Å²) in [6.45, 7) is 4.10. The van der Waals surface area contributed by atoms with Gasteiger partial charge in [-0.25, -0.2) is 8.78 Å². The Morgan fingerprint density at radius 2 is 1.50 bits per heavy atom. The van der Waals surface area contributed by atoms with Crippen LogP contribution in [0.3, 0.4) is 0 Å². The molecule has 0 unspecified atom stereocenters. The Kier molecular flexibility index (Phi) is 4.35. The Labute approximate surface area is 121 Å². The van der Waals surface area contributed by atoms with Crippen molar-refractivity contribution >= 4 is 10.5 Å². The third kappa shape index (κ3) is 3.74. The van der Waals surface area contributed by atoms with Crippen molar-refractivity contribution in [3.05, 3.63) is 59.7 Å². The first-order chi connectivity index (χ1) is 9.39. The van der Waals surface area contributed by atoms with Crippen LogP contribution in [0, 0.1) is 11.6 Å². The van der Waals surface area contributed by atoms with Crippen LogP contribution in [0.2, 0.25) is 0 Å². The molecule has 0 aromatic heterocycles. The number of hydrogen-bond donors (Lipinski definition) is 0. The Hall–Kier alpha value is -1.52.